The molecule has 0 fully saturated rings. The molecule has 0 saturated heterocycles. The van der Waals surface area contributed by atoms with Crippen molar-refractivity contribution in [2.24, 2.45) is 7.05 Å². The molecule has 88 valence electrons. The van der Waals surface area contributed by atoms with Gasteiger partial charge in [-0.3, -0.25) is 0 Å². The van der Waals surface area contributed by atoms with Crippen LogP contribution >= 0.6 is 0 Å². The molecule has 1 aromatic heterocycles. The van der Waals surface area contributed by atoms with Gasteiger partial charge < -0.3 is 9.88 Å². The van der Waals surface area contributed by atoms with Gasteiger partial charge in [0.25, 0.3) is 0 Å². The maximum Gasteiger partial charge on any atom is 0.390 e. The van der Waals surface area contributed by atoms with E-state index in [1.807, 2.05) is 6.07 Å². The van der Waals surface area contributed by atoms with E-state index in [-0.39, 0.29) is 6.54 Å². The van der Waals surface area contributed by atoms with Gasteiger partial charge in [0.15, 0.2) is 0 Å². The van der Waals surface area contributed by atoms with Crippen molar-refractivity contribution in [2.75, 3.05) is 6.54 Å². The summed E-state index contributed by atoms with van der Waals surface area (Å²) in [5, 5.41) is 11.4. The van der Waals surface area contributed by atoms with Crippen molar-refractivity contribution >= 4 is 0 Å². The molecule has 0 aliphatic carbocycles. The second-order valence-corrected chi connectivity index (χ2v) is 3.50. The van der Waals surface area contributed by atoms with Crippen molar-refractivity contribution in [2.45, 2.75) is 19.1 Å². The first-order valence-electron chi connectivity index (χ1n) is 4.75. The predicted octanol–water partition coefficient (Wildman–Crippen LogP) is 1.94. The van der Waals surface area contributed by atoms with E-state index < -0.39 is 12.6 Å². The van der Waals surface area contributed by atoms with Gasteiger partial charge in [0.05, 0.1) is 6.42 Å². The average Bonchev–Trinajstić information content (AvgIpc) is 2.52. The molecule has 0 aliphatic rings. The number of aryl methyl sites for hydroxylation is 1. The monoisotopic (exact) mass is 231 g/mol. The van der Waals surface area contributed by atoms with Crippen LogP contribution in [0.25, 0.3) is 0 Å². The van der Waals surface area contributed by atoms with E-state index in [4.69, 9.17) is 5.26 Å². The minimum absolute atomic E-state index is 0.111. The zero-order chi connectivity index (χ0) is 12.2. The molecule has 0 aromatic carbocycles. The van der Waals surface area contributed by atoms with E-state index >= 15 is 0 Å². The summed E-state index contributed by atoms with van der Waals surface area (Å²) in [6.45, 7) is 0.228. The molecule has 6 heteroatoms. The molecule has 16 heavy (non-hydrogen) atoms. The molecule has 0 spiro atoms. The Hall–Kier alpha value is -1.48. The summed E-state index contributed by atoms with van der Waals surface area (Å²) < 4.78 is 37.1. The van der Waals surface area contributed by atoms with Crippen LogP contribution in [0.15, 0.2) is 12.3 Å². The lowest BCUT2D eigenvalue weighted by molar-refractivity contribution is -0.133. The molecular formula is C10H12F3N3. The van der Waals surface area contributed by atoms with Gasteiger partial charge in [0.2, 0.25) is 0 Å². The summed E-state index contributed by atoms with van der Waals surface area (Å²) >= 11 is 0. The van der Waals surface area contributed by atoms with Crippen molar-refractivity contribution < 1.29 is 13.2 Å². The minimum atomic E-state index is -4.12. The van der Waals surface area contributed by atoms with Crippen LogP contribution in [0.4, 0.5) is 13.2 Å². The Balaban J connectivity index is 2.36. The smallest absolute Gasteiger partial charge is 0.342 e. The Morgan fingerprint density at radius 1 is 1.50 bits per heavy atom. The molecule has 1 rings (SSSR count). The molecule has 0 unspecified atom stereocenters. The third-order valence-corrected chi connectivity index (χ3v) is 2.09. The van der Waals surface area contributed by atoms with Gasteiger partial charge in [0.1, 0.15) is 11.8 Å². The highest BCUT2D eigenvalue weighted by molar-refractivity contribution is 5.28. The Labute approximate surface area is 91.5 Å². The maximum atomic E-state index is 11.8. The number of nitrogens with one attached hydrogen (secondary N) is 1. The number of nitriles is 1. The van der Waals surface area contributed by atoms with Crippen molar-refractivity contribution in [3.63, 3.8) is 0 Å². The number of halogens is 3. The highest BCUT2D eigenvalue weighted by Gasteiger charge is 2.25. The van der Waals surface area contributed by atoms with Gasteiger partial charge in [-0.2, -0.15) is 18.4 Å². The van der Waals surface area contributed by atoms with Crippen molar-refractivity contribution in [3.05, 3.63) is 23.5 Å². The van der Waals surface area contributed by atoms with E-state index in [9.17, 15) is 13.2 Å². The normalized spacial score (nSPS) is 11.4. The van der Waals surface area contributed by atoms with Gasteiger partial charge in [0, 0.05) is 26.3 Å². The quantitative estimate of drug-likeness (QED) is 0.804. The highest BCUT2D eigenvalue weighted by atomic mass is 19.4. The number of hydrogen-bond donors (Lipinski definition) is 1. The van der Waals surface area contributed by atoms with Gasteiger partial charge in [-0.15, -0.1) is 0 Å². The van der Waals surface area contributed by atoms with Crippen molar-refractivity contribution in [1.29, 1.82) is 5.26 Å². The second kappa shape index (κ2) is 5.03. The fourth-order valence-electron chi connectivity index (χ4n) is 1.30. The van der Waals surface area contributed by atoms with Crippen LogP contribution in [-0.4, -0.2) is 17.3 Å². The molecule has 0 aliphatic heterocycles. The third kappa shape index (κ3) is 3.95. The van der Waals surface area contributed by atoms with Crippen LogP contribution < -0.4 is 5.32 Å². The maximum absolute atomic E-state index is 11.8. The lowest BCUT2D eigenvalue weighted by atomic mass is 10.3. The van der Waals surface area contributed by atoms with E-state index in [0.717, 1.165) is 5.56 Å². The molecule has 0 saturated carbocycles. The summed E-state index contributed by atoms with van der Waals surface area (Å²) in [5.74, 6) is 0. The first-order chi connectivity index (χ1) is 7.42. The highest BCUT2D eigenvalue weighted by Crippen LogP contribution is 2.18. The number of aromatic nitrogens is 1. The van der Waals surface area contributed by atoms with Crippen LogP contribution in [0, 0.1) is 11.3 Å². The van der Waals surface area contributed by atoms with Crippen LogP contribution in [0.2, 0.25) is 0 Å². The summed E-state index contributed by atoms with van der Waals surface area (Å²) in [6, 6.07) is 3.64. The van der Waals surface area contributed by atoms with Gasteiger partial charge in [-0.1, -0.05) is 0 Å². The average molecular weight is 231 g/mol. The second-order valence-electron chi connectivity index (χ2n) is 3.50. The van der Waals surface area contributed by atoms with Gasteiger partial charge in [-0.25, -0.2) is 0 Å². The van der Waals surface area contributed by atoms with Crippen LogP contribution in [0.5, 0.6) is 0 Å². The van der Waals surface area contributed by atoms with Crippen LogP contribution in [0.1, 0.15) is 17.7 Å². The SMILES string of the molecule is Cn1cc(CNCCC(F)(F)F)cc1C#N. The lowest BCUT2D eigenvalue weighted by Gasteiger charge is -2.06. The van der Waals surface area contributed by atoms with Gasteiger partial charge in [-0.05, 0) is 11.6 Å². The first-order valence-corrected chi connectivity index (χ1v) is 4.75. The Morgan fingerprint density at radius 3 is 2.69 bits per heavy atom. The minimum Gasteiger partial charge on any atom is -0.342 e. The van der Waals surface area contributed by atoms with E-state index in [0.29, 0.717) is 12.2 Å². The molecule has 0 amide bonds. The summed E-state index contributed by atoms with van der Waals surface area (Å²) in [5.41, 5.74) is 1.30. The molecule has 1 N–H and O–H groups in total. The van der Waals surface area contributed by atoms with Crippen LogP contribution in [0.3, 0.4) is 0 Å². The van der Waals surface area contributed by atoms with Crippen molar-refractivity contribution in [3.8, 4) is 6.07 Å². The van der Waals surface area contributed by atoms with E-state index in [2.05, 4.69) is 5.32 Å². The number of hydrogen-bond acceptors (Lipinski definition) is 2. The molecule has 3 nitrogen and oxygen atoms in total. The fourth-order valence-corrected chi connectivity index (χ4v) is 1.30. The number of alkyl halides is 3. The third-order valence-electron chi connectivity index (χ3n) is 2.09. The first kappa shape index (κ1) is 12.6. The molecule has 0 atom stereocenters. The lowest BCUT2D eigenvalue weighted by Crippen LogP contribution is -2.21. The summed E-state index contributed by atoms with van der Waals surface area (Å²) in [6.07, 6.45) is -3.24. The Bertz CT molecular complexity index is 387. The summed E-state index contributed by atoms with van der Waals surface area (Å²) in [7, 11) is 1.72. The number of nitrogens with zero attached hydrogens (tertiary/aromatic N) is 2. The summed E-state index contributed by atoms with van der Waals surface area (Å²) in [4.78, 5) is 0. The molecule has 1 heterocycles. The Morgan fingerprint density at radius 2 is 2.19 bits per heavy atom. The number of rotatable bonds is 4. The zero-order valence-corrected chi connectivity index (χ0v) is 8.80. The molecule has 0 bridgehead atoms. The van der Waals surface area contributed by atoms with E-state index in [1.165, 1.54) is 0 Å². The van der Waals surface area contributed by atoms with E-state index in [1.54, 1.807) is 23.9 Å². The zero-order valence-electron chi connectivity index (χ0n) is 8.80. The fraction of sp³-hybridized carbons (Fsp3) is 0.500. The predicted molar refractivity (Wildman–Crippen MR) is 52.5 cm³/mol. The standard InChI is InChI=1S/C10H12F3N3/c1-16-7-8(4-9(16)5-14)6-15-3-2-10(11,12)13/h4,7,15H,2-3,6H2,1H3. The Kier molecular flexibility index (Phi) is 3.96. The van der Waals surface area contributed by atoms with Crippen LogP contribution in [-0.2, 0) is 13.6 Å². The molecule has 1 aromatic rings. The molecular weight excluding hydrogens is 219 g/mol. The largest absolute Gasteiger partial charge is 0.390 e. The molecule has 0 radical (unpaired) electrons. The topological polar surface area (TPSA) is 40.8 Å². The van der Waals surface area contributed by atoms with Gasteiger partial charge >= 0.3 is 6.18 Å². The van der Waals surface area contributed by atoms with Crippen molar-refractivity contribution in [1.82, 2.24) is 9.88 Å².